The van der Waals surface area contributed by atoms with E-state index < -0.39 is 0 Å². The average Bonchev–Trinajstić information content (AvgIpc) is 2.84. The molecule has 1 saturated carbocycles. The van der Waals surface area contributed by atoms with Crippen LogP contribution in [-0.2, 0) is 6.42 Å². The highest BCUT2D eigenvalue weighted by Crippen LogP contribution is 2.35. The number of aliphatic hydroxyl groups is 1. The summed E-state index contributed by atoms with van der Waals surface area (Å²) in [6.45, 7) is 7.02. The first-order valence-electron chi connectivity index (χ1n) is 8.54. The van der Waals surface area contributed by atoms with Gasteiger partial charge in [0.15, 0.2) is 0 Å². The van der Waals surface area contributed by atoms with E-state index in [1.54, 1.807) is 0 Å². The molecule has 6 heteroatoms. The van der Waals surface area contributed by atoms with Gasteiger partial charge in [-0.1, -0.05) is 24.9 Å². The number of carbonyl (C=O) groups is 1. The maximum atomic E-state index is 11.9. The van der Waals surface area contributed by atoms with Gasteiger partial charge in [0.25, 0.3) is 0 Å². The Kier molecular flexibility index (Phi) is 6.04. The molecule has 1 aromatic heterocycles. The van der Waals surface area contributed by atoms with Crippen LogP contribution in [0.1, 0.15) is 56.0 Å². The van der Waals surface area contributed by atoms with Gasteiger partial charge in [0.05, 0.1) is 11.8 Å². The fourth-order valence-corrected chi connectivity index (χ4v) is 3.26. The summed E-state index contributed by atoms with van der Waals surface area (Å²) < 4.78 is 5.13. The van der Waals surface area contributed by atoms with Gasteiger partial charge >= 0.3 is 6.03 Å². The third-order valence-electron chi connectivity index (χ3n) is 5.00. The Hall–Kier alpha value is -1.56. The van der Waals surface area contributed by atoms with Crippen LogP contribution in [0.5, 0.6) is 0 Å². The molecule has 0 saturated heterocycles. The topological polar surface area (TPSA) is 87.4 Å². The minimum absolute atomic E-state index is 0.164. The highest BCUT2D eigenvalue weighted by atomic mass is 16.5. The monoisotopic (exact) mass is 323 g/mol. The average molecular weight is 323 g/mol. The molecule has 2 rings (SSSR count). The maximum Gasteiger partial charge on any atom is 0.314 e. The second-order valence-corrected chi connectivity index (χ2v) is 6.93. The van der Waals surface area contributed by atoms with Crippen molar-refractivity contribution in [2.75, 3.05) is 13.1 Å². The molecule has 1 fully saturated rings. The lowest BCUT2D eigenvalue weighted by Crippen LogP contribution is -2.47. The standard InChI is InChI=1S/C17H29N3O3/c1-12-14(13(2)23-20-12)7-6-10-18-16(22)19-11-17(3)9-5-4-8-15(17)21/h15,21H,4-11H2,1-3H3,(H2,18,19,22). The molecule has 1 aliphatic carbocycles. The number of hydrogen-bond donors (Lipinski definition) is 3. The normalized spacial score (nSPS) is 24.4. The summed E-state index contributed by atoms with van der Waals surface area (Å²) in [4.78, 5) is 11.9. The van der Waals surface area contributed by atoms with Crippen molar-refractivity contribution in [1.29, 1.82) is 0 Å². The van der Waals surface area contributed by atoms with Crippen LogP contribution >= 0.6 is 0 Å². The number of nitrogens with one attached hydrogen (secondary N) is 2. The van der Waals surface area contributed by atoms with Gasteiger partial charge in [-0.3, -0.25) is 0 Å². The minimum Gasteiger partial charge on any atom is -0.392 e. The molecule has 2 amide bonds. The molecule has 130 valence electrons. The van der Waals surface area contributed by atoms with Crippen molar-refractivity contribution in [3.8, 4) is 0 Å². The maximum absolute atomic E-state index is 11.9. The van der Waals surface area contributed by atoms with Gasteiger partial charge in [-0.15, -0.1) is 0 Å². The van der Waals surface area contributed by atoms with Crippen LogP contribution in [0.3, 0.4) is 0 Å². The molecule has 1 heterocycles. The Balaban J connectivity index is 1.65. The van der Waals surface area contributed by atoms with E-state index >= 15 is 0 Å². The van der Waals surface area contributed by atoms with Crippen LogP contribution in [-0.4, -0.2) is 35.5 Å². The Morgan fingerprint density at radius 1 is 1.39 bits per heavy atom. The van der Waals surface area contributed by atoms with Crippen molar-refractivity contribution < 1.29 is 14.4 Å². The summed E-state index contributed by atoms with van der Waals surface area (Å²) in [5, 5.41) is 19.8. The fourth-order valence-electron chi connectivity index (χ4n) is 3.26. The van der Waals surface area contributed by atoms with E-state index in [4.69, 9.17) is 4.52 Å². The van der Waals surface area contributed by atoms with Crippen LogP contribution in [0.2, 0.25) is 0 Å². The summed E-state index contributed by atoms with van der Waals surface area (Å²) in [5.41, 5.74) is 1.85. The van der Waals surface area contributed by atoms with Crippen LogP contribution in [0.4, 0.5) is 4.79 Å². The summed E-state index contributed by atoms with van der Waals surface area (Å²) >= 11 is 0. The predicted octanol–water partition coefficient (Wildman–Crippen LogP) is 2.46. The van der Waals surface area contributed by atoms with Crippen LogP contribution in [0.15, 0.2) is 4.52 Å². The molecule has 0 radical (unpaired) electrons. The van der Waals surface area contributed by atoms with Crippen LogP contribution < -0.4 is 10.6 Å². The molecule has 3 N–H and O–H groups in total. The number of nitrogens with zero attached hydrogens (tertiary/aromatic N) is 1. The van der Waals surface area contributed by atoms with E-state index in [-0.39, 0.29) is 17.6 Å². The van der Waals surface area contributed by atoms with E-state index in [9.17, 15) is 9.90 Å². The lowest BCUT2D eigenvalue weighted by molar-refractivity contribution is 0.00309. The first-order valence-corrected chi connectivity index (χ1v) is 8.54. The van der Waals surface area contributed by atoms with Gasteiger partial charge in [0.2, 0.25) is 0 Å². The zero-order valence-corrected chi connectivity index (χ0v) is 14.4. The Morgan fingerprint density at radius 3 is 2.83 bits per heavy atom. The summed E-state index contributed by atoms with van der Waals surface area (Å²) in [6.07, 6.45) is 5.35. The van der Waals surface area contributed by atoms with E-state index in [1.165, 1.54) is 0 Å². The van der Waals surface area contributed by atoms with Crippen molar-refractivity contribution in [3.63, 3.8) is 0 Å². The van der Waals surface area contributed by atoms with Gasteiger partial charge in [0.1, 0.15) is 5.76 Å². The molecule has 0 aromatic carbocycles. The summed E-state index contributed by atoms with van der Waals surface area (Å²) in [5.74, 6) is 0.853. The number of urea groups is 1. The molecule has 0 aliphatic heterocycles. The van der Waals surface area contributed by atoms with E-state index in [2.05, 4.69) is 22.7 Å². The van der Waals surface area contributed by atoms with Crippen LogP contribution in [0.25, 0.3) is 0 Å². The van der Waals surface area contributed by atoms with Crippen molar-refractivity contribution >= 4 is 6.03 Å². The number of rotatable bonds is 6. The molecule has 1 aromatic rings. The SMILES string of the molecule is Cc1noc(C)c1CCCNC(=O)NCC1(C)CCCCC1O. The molecule has 0 spiro atoms. The molecule has 2 atom stereocenters. The quantitative estimate of drug-likeness (QED) is 0.702. The molecule has 1 aliphatic rings. The van der Waals surface area contributed by atoms with Crippen molar-refractivity contribution in [2.45, 2.75) is 65.4 Å². The predicted molar refractivity (Wildman–Crippen MR) is 88.3 cm³/mol. The smallest absolute Gasteiger partial charge is 0.314 e. The van der Waals surface area contributed by atoms with E-state index in [1.807, 2.05) is 13.8 Å². The van der Waals surface area contributed by atoms with Crippen molar-refractivity contribution in [1.82, 2.24) is 15.8 Å². The number of amides is 2. The number of aromatic nitrogens is 1. The third kappa shape index (κ3) is 4.70. The Morgan fingerprint density at radius 2 is 2.17 bits per heavy atom. The zero-order valence-electron chi connectivity index (χ0n) is 14.4. The second kappa shape index (κ2) is 7.81. The molecular weight excluding hydrogens is 294 g/mol. The van der Waals surface area contributed by atoms with Gasteiger partial charge in [-0.05, 0) is 39.5 Å². The lowest BCUT2D eigenvalue weighted by atomic mass is 9.73. The van der Waals surface area contributed by atoms with Crippen molar-refractivity contribution in [2.24, 2.45) is 5.41 Å². The lowest BCUT2D eigenvalue weighted by Gasteiger charge is -2.38. The highest BCUT2D eigenvalue weighted by Gasteiger charge is 2.35. The van der Waals surface area contributed by atoms with Gasteiger partial charge < -0.3 is 20.3 Å². The molecule has 23 heavy (non-hydrogen) atoms. The van der Waals surface area contributed by atoms with E-state index in [0.29, 0.717) is 13.1 Å². The van der Waals surface area contributed by atoms with Gasteiger partial charge in [-0.2, -0.15) is 0 Å². The molecule has 0 bridgehead atoms. The first-order chi connectivity index (χ1) is 10.9. The van der Waals surface area contributed by atoms with Gasteiger partial charge in [0, 0.05) is 24.1 Å². The molecule has 6 nitrogen and oxygen atoms in total. The first kappa shape index (κ1) is 17.8. The highest BCUT2D eigenvalue weighted by molar-refractivity contribution is 5.73. The molecular formula is C17H29N3O3. The zero-order chi connectivity index (χ0) is 16.9. The number of aliphatic hydroxyl groups excluding tert-OH is 1. The van der Waals surface area contributed by atoms with Crippen molar-refractivity contribution in [3.05, 3.63) is 17.0 Å². The minimum atomic E-state index is -0.323. The van der Waals surface area contributed by atoms with Gasteiger partial charge in [-0.25, -0.2) is 4.79 Å². The Bertz CT molecular complexity index is 510. The van der Waals surface area contributed by atoms with E-state index in [0.717, 1.165) is 55.5 Å². The largest absolute Gasteiger partial charge is 0.392 e. The molecule has 2 unspecified atom stereocenters. The number of hydrogen-bond acceptors (Lipinski definition) is 4. The Labute approximate surface area is 138 Å². The number of aryl methyl sites for hydroxylation is 2. The second-order valence-electron chi connectivity index (χ2n) is 6.93. The fraction of sp³-hybridized carbons (Fsp3) is 0.765. The van der Waals surface area contributed by atoms with Crippen LogP contribution in [0, 0.1) is 19.3 Å². The third-order valence-corrected chi connectivity index (χ3v) is 5.00. The summed E-state index contributed by atoms with van der Waals surface area (Å²) in [6, 6.07) is -0.164. The summed E-state index contributed by atoms with van der Waals surface area (Å²) in [7, 11) is 0. The number of carbonyl (C=O) groups excluding carboxylic acids is 1.